The molecular weight excluding hydrogens is 486 g/mol. The number of carbonyl (C=O) groups excluding carboxylic acids is 3. The van der Waals surface area contributed by atoms with Gasteiger partial charge in [-0.05, 0) is 55.5 Å². The summed E-state index contributed by atoms with van der Waals surface area (Å²) in [6.07, 6.45) is 4.14. The van der Waals surface area contributed by atoms with Crippen molar-refractivity contribution in [3.05, 3.63) is 69.3 Å². The number of fused-ring (bicyclic) bond motifs is 1. The first-order valence-corrected chi connectivity index (χ1v) is 13.2. The van der Waals surface area contributed by atoms with Crippen LogP contribution < -0.4 is 10.2 Å². The van der Waals surface area contributed by atoms with Crippen molar-refractivity contribution in [2.24, 2.45) is 0 Å². The van der Waals surface area contributed by atoms with Gasteiger partial charge < -0.3 is 19.9 Å². The molecule has 0 saturated carbocycles. The maximum absolute atomic E-state index is 13.1. The number of amides is 2. The van der Waals surface area contributed by atoms with Crippen LogP contribution in [0.2, 0.25) is 0 Å². The molecule has 1 saturated heterocycles. The van der Waals surface area contributed by atoms with Crippen molar-refractivity contribution in [3.63, 3.8) is 0 Å². The van der Waals surface area contributed by atoms with Crippen LogP contribution in [0.4, 0.5) is 11.4 Å². The number of hydrogen-bond donors (Lipinski definition) is 1. The lowest BCUT2D eigenvalue weighted by Gasteiger charge is -2.35. The number of aldehydes is 1. The molecule has 2 aliphatic heterocycles. The van der Waals surface area contributed by atoms with Gasteiger partial charge in [-0.15, -0.1) is 0 Å². The summed E-state index contributed by atoms with van der Waals surface area (Å²) in [5, 5.41) is 14.0. The molecule has 0 spiro atoms. The highest BCUT2D eigenvalue weighted by Gasteiger charge is 2.36. The van der Waals surface area contributed by atoms with Gasteiger partial charge >= 0.3 is 0 Å². The number of nitro benzene ring substituents is 1. The number of rotatable bonds is 12. The van der Waals surface area contributed by atoms with Crippen LogP contribution in [0.25, 0.3) is 0 Å². The van der Waals surface area contributed by atoms with Gasteiger partial charge in [0.15, 0.2) is 0 Å². The average molecular weight is 522 g/mol. The molecule has 0 aliphatic carbocycles. The van der Waals surface area contributed by atoms with Crippen LogP contribution in [-0.2, 0) is 22.6 Å². The van der Waals surface area contributed by atoms with E-state index >= 15 is 0 Å². The molecular formula is C28H35N5O5. The summed E-state index contributed by atoms with van der Waals surface area (Å²) in [6.45, 7) is 4.57. The molecule has 1 fully saturated rings. The number of likely N-dealkylation sites (N-methyl/N-ethyl adjacent to an activating group) is 1. The number of nitrogens with one attached hydrogen (secondary N) is 1. The first-order chi connectivity index (χ1) is 18.4. The smallest absolute Gasteiger partial charge is 0.292 e. The fraction of sp³-hybridized carbons (Fsp3) is 0.464. The van der Waals surface area contributed by atoms with Gasteiger partial charge in [-0.3, -0.25) is 24.6 Å². The van der Waals surface area contributed by atoms with E-state index in [0.29, 0.717) is 24.2 Å². The quantitative estimate of drug-likeness (QED) is 0.198. The van der Waals surface area contributed by atoms with E-state index < -0.39 is 6.04 Å². The number of piperazine rings is 1. The van der Waals surface area contributed by atoms with Gasteiger partial charge in [-0.1, -0.05) is 24.3 Å². The molecule has 2 amide bonds. The van der Waals surface area contributed by atoms with E-state index in [9.17, 15) is 24.5 Å². The van der Waals surface area contributed by atoms with E-state index in [1.165, 1.54) is 0 Å². The Kier molecular flexibility index (Phi) is 9.06. The Bertz CT molecular complexity index is 1180. The van der Waals surface area contributed by atoms with E-state index in [-0.39, 0.29) is 28.8 Å². The second-order valence-corrected chi connectivity index (χ2v) is 9.78. The Balaban J connectivity index is 1.28. The molecule has 10 nitrogen and oxygen atoms in total. The van der Waals surface area contributed by atoms with Gasteiger partial charge in [0, 0.05) is 57.8 Å². The number of anilines is 1. The van der Waals surface area contributed by atoms with Crippen molar-refractivity contribution >= 4 is 29.5 Å². The molecule has 0 bridgehead atoms. The molecule has 2 heterocycles. The minimum absolute atomic E-state index is 0.152. The van der Waals surface area contributed by atoms with Crippen LogP contribution in [-0.4, -0.2) is 78.6 Å². The Morgan fingerprint density at radius 3 is 2.58 bits per heavy atom. The molecule has 4 rings (SSSR count). The lowest BCUT2D eigenvalue weighted by Crippen LogP contribution is -2.46. The number of nitrogens with zero attached hydrogens (tertiary/aromatic N) is 4. The lowest BCUT2D eigenvalue weighted by atomic mass is 9.98. The topological polar surface area (TPSA) is 116 Å². The highest BCUT2D eigenvalue weighted by molar-refractivity contribution is 6.01. The van der Waals surface area contributed by atoms with Gasteiger partial charge in [0.1, 0.15) is 18.0 Å². The van der Waals surface area contributed by atoms with Crippen LogP contribution in [0.15, 0.2) is 42.5 Å². The number of unbranched alkanes of at least 4 members (excludes halogenated alkanes) is 1. The van der Waals surface area contributed by atoms with Crippen molar-refractivity contribution in [3.8, 4) is 0 Å². The summed E-state index contributed by atoms with van der Waals surface area (Å²) in [6, 6.07) is 12.0. The van der Waals surface area contributed by atoms with Crippen LogP contribution in [0.3, 0.4) is 0 Å². The molecule has 2 aliphatic rings. The zero-order valence-corrected chi connectivity index (χ0v) is 21.8. The number of aryl methyl sites for hydroxylation is 1. The fourth-order valence-electron chi connectivity index (χ4n) is 5.47. The van der Waals surface area contributed by atoms with Crippen molar-refractivity contribution in [2.45, 2.75) is 44.7 Å². The normalized spacial score (nSPS) is 16.3. The van der Waals surface area contributed by atoms with E-state index in [1.807, 2.05) is 24.3 Å². The summed E-state index contributed by atoms with van der Waals surface area (Å²) in [4.78, 5) is 53.6. The van der Waals surface area contributed by atoms with E-state index in [2.05, 4.69) is 21.2 Å². The summed E-state index contributed by atoms with van der Waals surface area (Å²) in [5.41, 5.74) is 3.59. The average Bonchev–Trinajstić information content (AvgIpc) is 3.28. The van der Waals surface area contributed by atoms with Gasteiger partial charge in [-0.2, -0.15) is 0 Å². The van der Waals surface area contributed by atoms with Gasteiger partial charge in [0.2, 0.25) is 5.91 Å². The Labute approximate surface area is 222 Å². The number of para-hydroxylation sites is 2. The lowest BCUT2D eigenvalue weighted by molar-refractivity contribution is -0.384. The fourth-order valence-corrected chi connectivity index (χ4v) is 5.47. The minimum Gasteiger partial charge on any atom is -0.363 e. The molecule has 38 heavy (non-hydrogen) atoms. The SMILES string of the molecule is CNC(=O)C(CCC=O)N1Cc2c(CCCCN3CCN(c4ccccc4[N+](=O)[O-])CC3)cccc2C1=O. The van der Waals surface area contributed by atoms with Crippen molar-refractivity contribution < 1.29 is 19.3 Å². The molecule has 202 valence electrons. The van der Waals surface area contributed by atoms with Gasteiger partial charge in [0.05, 0.1) is 4.92 Å². The Morgan fingerprint density at radius 2 is 1.87 bits per heavy atom. The number of nitro groups is 1. The van der Waals surface area contributed by atoms with E-state index in [0.717, 1.165) is 69.4 Å². The van der Waals surface area contributed by atoms with Gasteiger partial charge in [0.25, 0.3) is 11.6 Å². The highest BCUT2D eigenvalue weighted by atomic mass is 16.6. The Morgan fingerprint density at radius 1 is 1.11 bits per heavy atom. The minimum atomic E-state index is -0.658. The summed E-state index contributed by atoms with van der Waals surface area (Å²) in [7, 11) is 1.54. The summed E-state index contributed by atoms with van der Waals surface area (Å²) >= 11 is 0. The maximum atomic E-state index is 13.1. The molecule has 0 aromatic heterocycles. The van der Waals surface area contributed by atoms with Crippen LogP contribution in [0, 0.1) is 10.1 Å². The first kappa shape index (κ1) is 27.3. The largest absolute Gasteiger partial charge is 0.363 e. The first-order valence-electron chi connectivity index (χ1n) is 13.2. The monoisotopic (exact) mass is 521 g/mol. The van der Waals surface area contributed by atoms with Crippen LogP contribution in [0.1, 0.15) is 47.2 Å². The Hall–Kier alpha value is -3.79. The zero-order valence-electron chi connectivity index (χ0n) is 21.8. The van der Waals surface area contributed by atoms with Crippen molar-refractivity contribution in [1.29, 1.82) is 0 Å². The van der Waals surface area contributed by atoms with Gasteiger partial charge in [-0.25, -0.2) is 0 Å². The molecule has 2 aromatic rings. The molecule has 1 N–H and O–H groups in total. The standard InChI is InChI=1S/C28H35N5O5/c1-29-27(35)26(13-7-19-34)32-20-23-21(9-6-10-22(23)28(32)36)8-4-5-14-30-15-17-31(18-16-30)24-11-2-3-12-25(24)33(37)38/h2-3,6,9-12,19,26H,4-5,7-8,13-18,20H2,1H3,(H,29,35). The summed E-state index contributed by atoms with van der Waals surface area (Å²) < 4.78 is 0. The van der Waals surface area contributed by atoms with E-state index in [1.54, 1.807) is 24.1 Å². The second-order valence-electron chi connectivity index (χ2n) is 9.78. The molecule has 10 heteroatoms. The number of carbonyl (C=O) groups is 3. The summed E-state index contributed by atoms with van der Waals surface area (Å²) in [5.74, 6) is -0.408. The maximum Gasteiger partial charge on any atom is 0.292 e. The third-order valence-electron chi connectivity index (χ3n) is 7.54. The molecule has 2 aromatic carbocycles. The van der Waals surface area contributed by atoms with E-state index in [4.69, 9.17) is 0 Å². The number of benzene rings is 2. The third kappa shape index (κ3) is 6.02. The van der Waals surface area contributed by atoms with Crippen molar-refractivity contribution in [2.75, 3.05) is 44.7 Å². The van der Waals surface area contributed by atoms with Crippen molar-refractivity contribution in [1.82, 2.24) is 15.1 Å². The highest BCUT2D eigenvalue weighted by Crippen LogP contribution is 2.30. The number of hydrogen-bond acceptors (Lipinski definition) is 7. The van der Waals surface area contributed by atoms with Crippen LogP contribution >= 0.6 is 0 Å². The predicted molar refractivity (Wildman–Crippen MR) is 144 cm³/mol. The predicted octanol–water partition coefficient (Wildman–Crippen LogP) is 2.79. The molecule has 1 unspecified atom stereocenters. The second kappa shape index (κ2) is 12.6. The molecule has 1 atom stereocenters. The van der Waals surface area contributed by atoms with Crippen LogP contribution in [0.5, 0.6) is 0 Å². The zero-order chi connectivity index (χ0) is 27.1. The molecule has 0 radical (unpaired) electrons. The third-order valence-corrected chi connectivity index (χ3v) is 7.54.